The van der Waals surface area contributed by atoms with Crippen molar-refractivity contribution in [2.75, 3.05) is 30.4 Å². The summed E-state index contributed by atoms with van der Waals surface area (Å²) in [6.45, 7) is 3.62. The average molecular weight is 264 g/mol. The Morgan fingerprint density at radius 1 is 1.42 bits per heavy atom. The molecular weight excluding hydrogens is 240 g/mol. The Kier molecular flexibility index (Phi) is 4.58. The van der Waals surface area contributed by atoms with Gasteiger partial charge < -0.3 is 15.3 Å². The van der Waals surface area contributed by atoms with E-state index in [0.29, 0.717) is 12.5 Å². The molecule has 1 aliphatic rings. The second-order valence-corrected chi connectivity index (χ2v) is 5.45. The van der Waals surface area contributed by atoms with Gasteiger partial charge in [-0.2, -0.15) is 4.98 Å². The van der Waals surface area contributed by atoms with Gasteiger partial charge in [0.25, 0.3) is 0 Å². The maximum absolute atomic E-state index is 10.4. The zero-order chi connectivity index (χ0) is 13.7. The summed E-state index contributed by atoms with van der Waals surface area (Å²) in [5.41, 5.74) is -0.545. The molecule has 1 aromatic heterocycles. The van der Waals surface area contributed by atoms with Crippen LogP contribution in [-0.4, -0.2) is 40.8 Å². The molecule has 1 saturated carbocycles. The minimum atomic E-state index is -0.545. The Morgan fingerprint density at radius 2 is 2.16 bits per heavy atom. The van der Waals surface area contributed by atoms with E-state index < -0.39 is 5.60 Å². The topological polar surface area (TPSA) is 61.3 Å². The van der Waals surface area contributed by atoms with Crippen LogP contribution in [-0.2, 0) is 0 Å². The van der Waals surface area contributed by atoms with Crippen molar-refractivity contribution in [3.8, 4) is 0 Å². The third-order valence-electron chi connectivity index (χ3n) is 3.63. The highest BCUT2D eigenvalue weighted by atomic mass is 16.3. The van der Waals surface area contributed by atoms with Gasteiger partial charge in [0, 0.05) is 26.3 Å². The summed E-state index contributed by atoms with van der Waals surface area (Å²) >= 11 is 0. The second-order valence-electron chi connectivity index (χ2n) is 5.45. The molecule has 0 radical (unpaired) electrons. The number of hydrogen-bond acceptors (Lipinski definition) is 5. The van der Waals surface area contributed by atoms with E-state index in [4.69, 9.17) is 0 Å². The van der Waals surface area contributed by atoms with Gasteiger partial charge >= 0.3 is 0 Å². The Balaban J connectivity index is 1.99. The molecule has 5 heteroatoms. The third-order valence-corrected chi connectivity index (χ3v) is 3.63. The number of rotatable bonds is 6. The maximum Gasteiger partial charge on any atom is 0.224 e. The van der Waals surface area contributed by atoms with Crippen LogP contribution in [0.25, 0.3) is 0 Å². The van der Waals surface area contributed by atoms with Crippen molar-refractivity contribution in [1.29, 1.82) is 0 Å². The molecule has 1 fully saturated rings. The maximum atomic E-state index is 10.4. The average Bonchev–Trinajstić information content (AvgIpc) is 2.83. The first kappa shape index (κ1) is 14.1. The van der Waals surface area contributed by atoms with Crippen LogP contribution in [0.5, 0.6) is 0 Å². The van der Waals surface area contributed by atoms with E-state index >= 15 is 0 Å². The fourth-order valence-electron chi connectivity index (χ4n) is 2.60. The Hall–Kier alpha value is -1.36. The number of hydrogen-bond donors (Lipinski definition) is 2. The molecule has 1 aromatic rings. The summed E-state index contributed by atoms with van der Waals surface area (Å²) in [6, 6.07) is 1.88. The number of nitrogens with one attached hydrogen (secondary N) is 1. The van der Waals surface area contributed by atoms with Crippen molar-refractivity contribution in [3.05, 3.63) is 12.3 Å². The molecular formula is C14H24N4O. The summed E-state index contributed by atoms with van der Waals surface area (Å²) in [6.07, 6.45) is 6.83. The van der Waals surface area contributed by atoms with Gasteiger partial charge in [-0.1, -0.05) is 19.8 Å². The lowest BCUT2D eigenvalue weighted by Gasteiger charge is -2.29. The van der Waals surface area contributed by atoms with E-state index in [1.165, 1.54) is 0 Å². The lowest BCUT2D eigenvalue weighted by Crippen LogP contribution is -2.39. The first-order chi connectivity index (χ1) is 9.13. The lowest BCUT2D eigenvalue weighted by molar-refractivity contribution is 0.0558. The van der Waals surface area contributed by atoms with E-state index in [0.717, 1.165) is 44.5 Å². The third kappa shape index (κ3) is 3.80. The van der Waals surface area contributed by atoms with E-state index in [-0.39, 0.29) is 0 Å². The molecule has 0 unspecified atom stereocenters. The molecule has 0 atom stereocenters. The van der Waals surface area contributed by atoms with E-state index in [2.05, 4.69) is 22.2 Å². The second kappa shape index (κ2) is 6.19. The van der Waals surface area contributed by atoms with Gasteiger partial charge in [-0.15, -0.1) is 0 Å². The Labute approximate surface area is 115 Å². The summed E-state index contributed by atoms with van der Waals surface area (Å²) in [5.74, 6) is 1.51. The van der Waals surface area contributed by atoms with Gasteiger partial charge in [-0.25, -0.2) is 4.98 Å². The molecule has 0 aromatic carbocycles. The fourth-order valence-corrected chi connectivity index (χ4v) is 2.60. The number of likely N-dealkylation sites (N-methyl/N-ethyl adjacent to an activating group) is 1. The van der Waals surface area contributed by atoms with Gasteiger partial charge in [0.2, 0.25) is 5.95 Å². The van der Waals surface area contributed by atoms with Crippen molar-refractivity contribution >= 4 is 11.8 Å². The highest BCUT2D eigenvalue weighted by Gasteiger charge is 2.32. The van der Waals surface area contributed by atoms with Crippen LogP contribution in [0.2, 0.25) is 0 Å². The lowest BCUT2D eigenvalue weighted by atomic mass is 10.0. The molecule has 0 aliphatic heterocycles. The minimum absolute atomic E-state index is 0.545. The van der Waals surface area contributed by atoms with Crippen LogP contribution < -0.4 is 10.2 Å². The summed E-state index contributed by atoms with van der Waals surface area (Å²) < 4.78 is 0. The molecule has 0 bridgehead atoms. The number of nitrogens with zero attached hydrogens (tertiary/aromatic N) is 3. The van der Waals surface area contributed by atoms with Crippen LogP contribution in [0.4, 0.5) is 11.8 Å². The number of aromatic nitrogens is 2. The molecule has 1 heterocycles. The van der Waals surface area contributed by atoms with Crippen LogP contribution in [0, 0.1) is 0 Å². The molecule has 106 valence electrons. The predicted molar refractivity (Wildman–Crippen MR) is 77.5 cm³/mol. The summed E-state index contributed by atoms with van der Waals surface area (Å²) in [4.78, 5) is 10.7. The molecule has 1 aliphatic carbocycles. The van der Waals surface area contributed by atoms with Crippen molar-refractivity contribution in [2.24, 2.45) is 0 Å². The fraction of sp³-hybridized carbons (Fsp3) is 0.714. The highest BCUT2D eigenvalue weighted by Crippen LogP contribution is 2.30. The first-order valence-corrected chi connectivity index (χ1v) is 7.13. The molecule has 0 saturated heterocycles. The summed E-state index contributed by atoms with van der Waals surface area (Å²) in [7, 11) is 1.97. The smallest absolute Gasteiger partial charge is 0.224 e. The van der Waals surface area contributed by atoms with Crippen LogP contribution in [0.15, 0.2) is 12.3 Å². The summed E-state index contributed by atoms with van der Waals surface area (Å²) in [5, 5.41) is 13.6. The monoisotopic (exact) mass is 264 g/mol. The zero-order valence-corrected chi connectivity index (χ0v) is 11.9. The highest BCUT2D eigenvalue weighted by molar-refractivity contribution is 5.42. The van der Waals surface area contributed by atoms with Crippen LogP contribution in [0.3, 0.4) is 0 Å². The van der Waals surface area contributed by atoms with Gasteiger partial charge in [0.15, 0.2) is 0 Å². The molecule has 2 rings (SSSR count). The largest absolute Gasteiger partial charge is 0.388 e. The van der Waals surface area contributed by atoms with Gasteiger partial charge in [0.05, 0.1) is 5.60 Å². The van der Waals surface area contributed by atoms with E-state index in [9.17, 15) is 5.11 Å². The van der Waals surface area contributed by atoms with Crippen molar-refractivity contribution in [2.45, 2.75) is 44.6 Å². The molecule has 2 N–H and O–H groups in total. The van der Waals surface area contributed by atoms with Crippen molar-refractivity contribution in [3.63, 3.8) is 0 Å². The SMILES string of the molecule is CCCNc1nccc(N(C)CC2(O)CCCC2)n1. The van der Waals surface area contributed by atoms with Crippen molar-refractivity contribution in [1.82, 2.24) is 9.97 Å². The number of anilines is 2. The molecule has 0 amide bonds. The van der Waals surface area contributed by atoms with E-state index in [1.54, 1.807) is 6.20 Å². The standard InChI is InChI=1S/C14H24N4O/c1-3-9-15-13-16-10-6-12(17-13)18(2)11-14(19)7-4-5-8-14/h6,10,19H,3-5,7-9,11H2,1-2H3,(H,15,16,17). The quantitative estimate of drug-likeness (QED) is 0.823. The van der Waals surface area contributed by atoms with Gasteiger partial charge in [-0.05, 0) is 25.3 Å². The number of aliphatic hydroxyl groups is 1. The van der Waals surface area contributed by atoms with Crippen LogP contribution >= 0.6 is 0 Å². The van der Waals surface area contributed by atoms with Gasteiger partial charge in [-0.3, -0.25) is 0 Å². The van der Waals surface area contributed by atoms with Crippen LogP contribution in [0.1, 0.15) is 39.0 Å². The van der Waals surface area contributed by atoms with Crippen molar-refractivity contribution < 1.29 is 5.11 Å². The Morgan fingerprint density at radius 3 is 2.84 bits per heavy atom. The molecule has 0 spiro atoms. The Bertz CT molecular complexity index is 404. The van der Waals surface area contributed by atoms with Gasteiger partial charge in [0.1, 0.15) is 5.82 Å². The molecule has 5 nitrogen and oxygen atoms in total. The molecule has 19 heavy (non-hydrogen) atoms. The van der Waals surface area contributed by atoms with E-state index in [1.807, 2.05) is 18.0 Å². The minimum Gasteiger partial charge on any atom is -0.388 e. The predicted octanol–water partition coefficient (Wildman–Crippen LogP) is 2.04. The first-order valence-electron chi connectivity index (χ1n) is 7.13. The zero-order valence-electron chi connectivity index (χ0n) is 11.9. The normalized spacial score (nSPS) is 17.4.